The SMILES string of the molecule is Cc1oc(-c2ccc(C(F)(F)F)cc2)nc1CCOc1ccc2c(ccn2C(C)(C)C)c1. The van der Waals surface area contributed by atoms with Crippen molar-refractivity contribution >= 4 is 10.9 Å². The molecule has 7 heteroatoms. The number of hydrogen-bond donors (Lipinski definition) is 0. The third kappa shape index (κ3) is 4.52. The van der Waals surface area contributed by atoms with Crippen LogP contribution in [0.2, 0.25) is 0 Å². The lowest BCUT2D eigenvalue weighted by atomic mass is 10.1. The van der Waals surface area contributed by atoms with Crippen molar-refractivity contribution in [2.24, 2.45) is 0 Å². The highest BCUT2D eigenvalue weighted by molar-refractivity contribution is 5.82. The quantitative estimate of drug-likeness (QED) is 0.334. The highest BCUT2D eigenvalue weighted by Gasteiger charge is 2.30. The van der Waals surface area contributed by atoms with Crippen molar-refractivity contribution in [3.05, 3.63) is 71.7 Å². The first kappa shape index (κ1) is 22.0. The molecule has 0 aliphatic carbocycles. The van der Waals surface area contributed by atoms with Crippen LogP contribution in [0.5, 0.6) is 5.75 Å². The van der Waals surface area contributed by atoms with Crippen LogP contribution in [0.3, 0.4) is 0 Å². The van der Waals surface area contributed by atoms with Crippen molar-refractivity contribution in [1.82, 2.24) is 9.55 Å². The molecule has 0 fully saturated rings. The average Bonchev–Trinajstić information content (AvgIpc) is 3.31. The van der Waals surface area contributed by atoms with Crippen LogP contribution in [-0.4, -0.2) is 16.2 Å². The van der Waals surface area contributed by atoms with Gasteiger partial charge in [0, 0.05) is 34.6 Å². The maximum atomic E-state index is 12.8. The molecule has 168 valence electrons. The number of aromatic nitrogens is 2. The molecule has 0 bridgehead atoms. The summed E-state index contributed by atoms with van der Waals surface area (Å²) in [6, 6.07) is 12.9. The van der Waals surface area contributed by atoms with E-state index in [1.54, 1.807) is 6.92 Å². The monoisotopic (exact) mass is 442 g/mol. The van der Waals surface area contributed by atoms with Crippen molar-refractivity contribution in [3.8, 4) is 17.2 Å². The number of oxazole rings is 1. The van der Waals surface area contributed by atoms with E-state index < -0.39 is 11.7 Å². The van der Waals surface area contributed by atoms with Crippen LogP contribution in [0.25, 0.3) is 22.4 Å². The minimum atomic E-state index is -4.37. The molecule has 4 rings (SSSR count). The summed E-state index contributed by atoms with van der Waals surface area (Å²) in [4.78, 5) is 4.45. The highest BCUT2D eigenvalue weighted by Crippen LogP contribution is 2.31. The summed E-state index contributed by atoms with van der Waals surface area (Å²) in [5.41, 5.74) is 1.67. The third-order valence-electron chi connectivity index (χ3n) is 5.34. The topological polar surface area (TPSA) is 40.2 Å². The molecule has 0 saturated carbocycles. The molecule has 32 heavy (non-hydrogen) atoms. The van der Waals surface area contributed by atoms with E-state index in [2.05, 4.69) is 48.7 Å². The maximum absolute atomic E-state index is 12.8. The molecule has 0 amide bonds. The number of ether oxygens (including phenoxy) is 1. The second-order valence-electron chi connectivity index (χ2n) is 8.77. The first-order chi connectivity index (χ1) is 15.0. The number of rotatable bonds is 5. The van der Waals surface area contributed by atoms with Crippen LogP contribution >= 0.6 is 0 Å². The van der Waals surface area contributed by atoms with Crippen molar-refractivity contribution in [2.45, 2.75) is 45.8 Å². The van der Waals surface area contributed by atoms with Gasteiger partial charge in [0.1, 0.15) is 11.5 Å². The number of fused-ring (bicyclic) bond motifs is 1. The molecule has 2 aromatic carbocycles. The van der Waals surface area contributed by atoms with E-state index in [4.69, 9.17) is 9.15 Å². The van der Waals surface area contributed by atoms with Gasteiger partial charge >= 0.3 is 6.18 Å². The second kappa shape index (κ2) is 8.04. The smallest absolute Gasteiger partial charge is 0.416 e. The van der Waals surface area contributed by atoms with E-state index in [-0.39, 0.29) is 5.54 Å². The van der Waals surface area contributed by atoms with E-state index >= 15 is 0 Å². The minimum absolute atomic E-state index is 0.000619. The van der Waals surface area contributed by atoms with Crippen LogP contribution in [0.15, 0.2) is 59.1 Å². The first-order valence-electron chi connectivity index (χ1n) is 10.4. The third-order valence-corrected chi connectivity index (χ3v) is 5.34. The summed E-state index contributed by atoms with van der Waals surface area (Å²) in [5, 5.41) is 1.11. The van der Waals surface area contributed by atoms with Crippen LogP contribution in [0.1, 0.15) is 37.8 Å². The van der Waals surface area contributed by atoms with Gasteiger partial charge in [-0.15, -0.1) is 0 Å². The van der Waals surface area contributed by atoms with Gasteiger partial charge in [0.25, 0.3) is 0 Å². The number of halogens is 3. The average molecular weight is 442 g/mol. The highest BCUT2D eigenvalue weighted by atomic mass is 19.4. The molecule has 0 unspecified atom stereocenters. The van der Waals surface area contributed by atoms with Gasteiger partial charge in [-0.2, -0.15) is 13.2 Å². The molecule has 2 heterocycles. The van der Waals surface area contributed by atoms with Crippen molar-refractivity contribution in [1.29, 1.82) is 0 Å². The molecule has 0 aliphatic heterocycles. The fourth-order valence-electron chi connectivity index (χ4n) is 3.65. The fourth-order valence-corrected chi connectivity index (χ4v) is 3.65. The number of hydrogen-bond acceptors (Lipinski definition) is 3. The predicted octanol–water partition coefficient (Wildman–Crippen LogP) is 7.00. The Kier molecular flexibility index (Phi) is 5.53. The van der Waals surface area contributed by atoms with Crippen LogP contribution < -0.4 is 4.74 Å². The summed E-state index contributed by atoms with van der Waals surface area (Å²) in [6.45, 7) is 8.69. The Hall–Kier alpha value is -3.22. The van der Waals surface area contributed by atoms with Gasteiger partial charge in [-0.05, 0) is 76.2 Å². The maximum Gasteiger partial charge on any atom is 0.416 e. The van der Waals surface area contributed by atoms with Crippen LogP contribution in [0.4, 0.5) is 13.2 Å². The van der Waals surface area contributed by atoms with Gasteiger partial charge in [0.05, 0.1) is 17.9 Å². The summed E-state index contributed by atoms with van der Waals surface area (Å²) in [5.74, 6) is 1.70. The summed E-state index contributed by atoms with van der Waals surface area (Å²) in [6.07, 6.45) is -1.76. The lowest BCUT2D eigenvalue weighted by molar-refractivity contribution is -0.137. The van der Waals surface area contributed by atoms with Crippen molar-refractivity contribution < 1.29 is 22.3 Å². The fraction of sp³-hybridized carbons (Fsp3) is 0.320. The zero-order chi connectivity index (χ0) is 23.1. The molecule has 0 radical (unpaired) electrons. The molecule has 0 saturated heterocycles. The summed E-state index contributed by atoms with van der Waals surface area (Å²) in [7, 11) is 0. The predicted molar refractivity (Wildman–Crippen MR) is 118 cm³/mol. The van der Waals surface area contributed by atoms with Crippen LogP contribution in [0, 0.1) is 6.92 Å². The molecule has 0 spiro atoms. The summed E-state index contributed by atoms with van der Waals surface area (Å²) < 4.78 is 52.1. The van der Waals surface area contributed by atoms with E-state index in [1.165, 1.54) is 12.1 Å². The standard InChI is InChI=1S/C25H25F3N2O2/c1-16-21(29-23(32-16)17-5-7-19(8-6-17)25(26,27)28)12-14-31-20-9-10-22-18(15-20)11-13-30(22)24(2,3)4/h5-11,13,15H,12,14H2,1-4H3. The molecule has 0 aliphatic rings. The largest absolute Gasteiger partial charge is 0.493 e. The second-order valence-corrected chi connectivity index (χ2v) is 8.77. The molecule has 4 aromatic rings. The van der Waals surface area contributed by atoms with Crippen molar-refractivity contribution in [3.63, 3.8) is 0 Å². The zero-order valence-electron chi connectivity index (χ0n) is 18.5. The molecule has 0 atom stereocenters. The van der Waals surface area contributed by atoms with E-state index in [1.807, 2.05) is 12.1 Å². The van der Waals surface area contributed by atoms with E-state index in [0.717, 1.165) is 34.5 Å². The van der Waals surface area contributed by atoms with Crippen LogP contribution in [-0.2, 0) is 18.1 Å². The molecule has 4 nitrogen and oxygen atoms in total. The van der Waals surface area contributed by atoms with E-state index in [0.29, 0.717) is 30.2 Å². The molecular weight excluding hydrogens is 417 g/mol. The first-order valence-corrected chi connectivity index (χ1v) is 10.4. The Morgan fingerprint density at radius 2 is 1.72 bits per heavy atom. The Labute approximate surface area is 184 Å². The van der Waals surface area contributed by atoms with Gasteiger partial charge in [-0.25, -0.2) is 4.98 Å². The molecule has 2 aromatic heterocycles. The molecular formula is C25H25F3N2O2. The van der Waals surface area contributed by atoms with Gasteiger partial charge in [-0.1, -0.05) is 0 Å². The van der Waals surface area contributed by atoms with Gasteiger partial charge in [0.2, 0.25) is 5.89 Å². The van der Waals surface area contributed by atoms with Gasteiger partial charge < -0.3 is 13.7 Å². The Bertz CT molecular complexity index is 1230. The number of aryl methyl sites for hydroxylation is 1. The molecule has 0 N–H and O–H groups in total. The van der Waals surface area contributed by atoms with E-state index in [9.17, 15) is 13.2 Å². The minimum Gasteiger partial charge on any atom is -0.493 e. The summed E-state index contributed by atoms with van der Waals surface area (Å²) >= 11 is 0. The normalized spacial score (nSPS) is 12.5. The lowest BCUT2D eigenvalue weighted by Gasteiger charge is -2.22. The number of benzene rings is 2. The Balaban J connectivity index is 1.42. The Morgan fingerprint density at radius 3 is 2.38 bits per heavy atom. The number of nitrogens with zero attached hydrogens (tertiary/aromatic N) is 2. The number of alkyl halides is 3. The van der Waals surface area contributed by atoms with Gasteiger partial charge in [0.15, 0.2) is 0 Å². The van der Waals surface area contributed by atoms with Crippen molar-refractivity contribution in [2.75, 3.05) is 6.61 Å². The zero-order valence-corrected chi connectivity index (χ0v) is 18.5. The van der Waals surface area contributed by atoms with Gasteiger partial charge in [-0.3, -0.25) is 0 Å². The Morgan fingerprint density at radius 1 is 1.00 bits per heavy atom. The lowest BCUT2D eigenvalue weighted by Crippen LogP contribution is -2.20.